The van der Waals surface area contributed by atoms with E-state index in [1.165, 1.54) is 6.42 Å². The number of sulfonamides is 1. The Morgan fingerprint density at radius 3 is 2.39 bits per heavy atom. The van der Waals surface area contributed by atoms with Crippen molar-refractivity contribution in [2.75, 3.05) is 19.8 Å². The summed E-state index contributed by atoms with van der Waals surface area (Å²) in [7, 11) is -3.23. The van der Waals surface area contributed by atoms with E-state index in [-0.39, 0.29) is 10.8 Å². The van der Waals surface area contributed by atoms with E-state index in [1.54, 1.807) is 0 Å². The van der Waals surface area contributed by atoms with E-state index in [2.05, 4.69) is 4.72 Å². The summed E-state index contributed by atoms with van der Waals surface area (Å²) in [5, 5.41) is -0.307. The topological polar surface area (TPSA) is 81.4 Å². The Balaban J connectivity index is 1.87. The highest BCUT2D eigenvalue weighted by molar-refractivity contribution is 7.90. The molecule has 0 amide bonds. The number of nitrogens with one attached hydrogen (secondary N) is 1. The summed E-state index contributed by atoms with van der Waals surface area (Å²) < 4.78 is 32.2. The standard InChI is InChI=1S/C12H24N2O3S/c13-12(6-2-1-3-7-12)10-14-18(15,16)11-4-8-17-9-5-11/h11,14H,1-10,13H2. The molecule has 1 aliphatic carbocycles. The summed E-state index contributed by atoms with van der Waals surface area (Å²) in [4.78, 5) is 0. The molecule has 0 unspecified atom stereocenters. The van der Waals surface area contributed by atoms with E-state index in [1.807, 2.05) is 0 Å². The normalized spacial score (nSPS) is 26.1. The van der Waals surface area contributed by atoms with Gasteiger partial charge < -0.3 is 10.5 Å². The molecule has 1 heterocycles. The third-order valence-electron chi connectivity index (χ3n) is 4.08. The fourth-order valence-corrected chi connectivity index (χ4v) is 4.32. The van der Waals surface area contributed by atoms with Crippen LogP contribution in [0.15, 0.2) is 0 Å². The average Bonchev–Trinajstić information content (AvgIpc) is 2.39. The lowest BCUT2D eigenvalue weighted by Gasteiger charge is -2.34. The molecule has 0 aromatic heterocycles. The van der Waals surface area contributed by atoms with Gasteiger partial charge in [0.05, 0.1) is 5.25 Å². The van der Waals surface area contributed by atoms with Crippen molar-refractivity contribution in [2.24, 2.45) is 5.73 Å². The van der Waals surface area contributed by atoms with E-state index < -0.39 is 10.0 Å². The van der Waals surface area contributed by atoms with Crippen molar-refractivity contribution in [1.29, 1.82) is 0 Å². The molecule has 0 bridgehead atoms. The second-order valence-corrected chi connectivity index (χ2v) is 7.65. The van der Waals surface area contributed by atoms with Gasteiger partial charge in [0.25, 0.3) is 0 Å². The average molecular weight is 276 g/mol. The van der Waals surface area contributed by atoms with Gasteiger partial charge in [-0.15, -0.1) is 0 Å². The van der Waals surface area contributed by atoms with Crippen molar-refractivity contribution in [3.05, 3.63) is 0 Å². The number of rotatable bonds is 4. The van der Waals surface area contributed by atoms with E-state index in [9.17, 15) is 8.42 Å². The highest BCUT2D eigenvalue weighted by Gasteiger charge is 2.32. The Bertz CT molecular complexity index is 358. The molecule has 0 spiro atoms. The first-order chi connectivity index (χ1) is 8.52. The number of hydrogen-bond acceptors (Lipinski definition) is 4. The maximum atomic E-state index is 12.1. The predicted octanol–water partition coefficient (Wildman–Crippen LogP) is 0.746. The van der Waals surface area contributed by atoms with E-state index >= 15 is 0 Å². The van der Waals surface area contributed by atoms with Crippen LogP contribution >= 0.6 is 0 Å². The quantitative estimate of drug-likeness (QED) is 0.794. The molecule has 6 heteroatoms. The molecule has 2 fully saturated rings. The molecular weight excluding hydrogens is 252 g/mol. The van der Waals surface area contributed by atoms with E-state index in [0.29, 0.717) is 32.6 Å². The lowest BCUT2D eigenvalue weighted by Crippen LogP contribution is -2.52. The summed E-state index contributed by atoms with van der Waals surface area (Å²) in [6.07, 6.45) is 6.45. The van der Waals surface area contributed by atoms with Gasteiger partial charge in [0.1, 0.15) is 0 Å². The van der Waals surface area contributed by atoms with Crippen LogP contribution in [0.1, 0.15) is 44.9 Å². The van der Waals surface area contributed by atoms with Crippen LogP contribution in [0, 0.1) is 0 Å². The second-order valence-electron chi connectivity index (χ2n) is 5.60. The Morgan fingerprint density at radius 2 is 1.78 bits per heavy atom. The van der Waals surface area contributed by atoms with Crippen molar-refractivity contribution in [3.8, 4) is 0 Å². The SMILES string of the molecule is NC1(CNS(=O)(=O)C2CCOCC2)CCCCC1. The lowest BCUT2D eigenvalue weighted by molar-refractivity contribution is 0.0981. The Hall–Kier alpha value is -0.170. The van der Waals surface area contributed by atoms with Gasteiger partial charge in [-0.3, -0.25) is 0 Å². The maximum Gasteiger partial charge on any atom is 0.214 e. The van der Waals surface area contributed by atoms with Crippen LogP contribution in [-0.4, -0.2) is 39.0 Å². The first kappa shape index (κ1) is 14.2. The van der Waals surface area contributed by atoms with Crippen LogP contribution in [0.4, 0.5) is 0 Å². The van der Waals surface area contributed by atoms with Crippen LogP contribution < -0.4 is 10.5 Å². The van der Waals surface area contributed by atoms with E-state index in [4.69, 9.17) is 10.5 Å². The molecule has 2 rings (SSSR count). The second kappa shape index (κ2) is 5.86. The molecule has 1 saturated heterocycles. The smallest absolute Gasteiger partial charge is 0.214 e. The Kier molecular flexibility index (Phi) is 4.64. The molecule has 106 valence electrons. The van der Waals surface area contributed by atoms with Gasteiger partial charge in [-0.1, -0.05) is 19.3 Å². The fraction of sp³-hybridized carbons (Fsp3) is 1.00. The van der Waals surface area contributed by atoms with Crippen molar-refractivity contribution in [1.82, 2.24) is 4.72 Å². The summed E-state index contributed by atoms with van der Waals surface area (Å²) in [5.41, 5.74) is 5.91. The zero-order chi connectivity index (χ0) is 13.1. The van der Waals surface area contributed by atoms with Gasteiger partial charge in [-0.2, -0.15) is 0 Å². The van der Waals surface area contributed by atoms with Gasteiger partial charge in [-0.05, 0) is 25.7 Å². The minimum absolute atomic E-state index is 0.307. The maximum absolute atomic E-state index is 12.1. The summed E-state index contributed by atoms with van der Waals surface area (Å²) in [6.45, 7) is 1.46. The molecule has 1 aliphatic heterocycles. The van der Waals surface area contributed by atoms with Crippen molar-refractivity contribution >= 4 is 10.0 Å². The van der Waals surface area contributed by atoms with Crippen LogP contribution in [0.5, 0.6) is 0 Å². The van der Waals surface area contributed by atoms with E-state index in [0.717, 1.165) is 25.7 Å². The van der Waals surface area contributed by atoms with Crippen molar-refractivity contribution < 1.29 is 13.2 Å². The van der Waals surface area contributed by atoms with Gasteiger partial charge >= 0.3 is 0 Å². The first-order valence-electron chi connectivity index (χ1n) is 6.87. The number of hydrogen-bond donors (Lipinski definition) is 2. The van der Waals surface area contributed by atoms with Gasteiger partial charge in [0.15, 0.2) is 0 Å². The first-order valence-corrected chi connectivity index (χ1v) is 8.42. The molecule has 5 nitrogen and oxygen atoms in total. The van der Waals surface area contributed by atoms with Gasteiger partial charge in [-0.25, -0.2) is 13.1 Å². The lowest BCUT2D eigenvalue weighted by atomic mass is 9.83. The summed E-state index contributed by atoms with van der Waals surface area (Å²) in [5.74, 6) is 0. The fourth-order valence-electron chi connectivity index (χ4n) is 2.78. The number of nitrogens with two attached hydrogens (primary N) is 1. The molecule has 0 aromatic rings. The monoisotopic (exact) mass is 276 g/mol. The largest absolute Gasteiger partial charge is 0.381 e. The minimum atomic E-state index is -3.23. The third kappa shape index (κ3) is 3.66. The van der Waals surface area contributed by atoms with Crippen molar-refractivity contribution in [3.63, 3.8) is 0 Å². The molecular formula is C12H24N2O3S. The van der Waals surface area contributed by atoms with Crippen LogP contribution in [0.3, 0.4) is 0 Å². The van der Waals surface area contributed by atoms with Crippen LogP contribution in [0.2, 0.25) is 0 Å². The molecule has 0 aromatic carbocycles. The van der Waals surface area contributed by atoms with Gasteiger partial charge in [0, 0.05) is 25.3 Å². The highest BCUT2D eigenvalue weighted by atomic mass is 32.2. The summed E-state index contributed by atoms with van der Waals surface area (Å²) in [6, 6.07) is 0. The predicted molar refractivity (Wildman–Crippen MR) is 70.8 cm³/mol. The highest BCUT2D eigenvalue weighted by Crippen LogP contribution is 2.25. The van der Waals surface area contributed by atoms with Crippen molar-refractivity contribution in [2.45, 2.75) is 55.7 Å². The molecule has 3 N–H and O–H groups in total. The molecule has 0 atom stereocenters. The third-order valence-corrected chi connectivity index (χ3v) is 5.98. The minimum Gasteiger partial charge on any atom is -0.381 e. The Labute approximate surface area is 110 Å². The molecule has 0 radical (unpaired) electrons. The van der Waals surface area contributed by atoms with Crippen LogP contribution in [0.25, 0.3) is 0 Å². The molecule has 2 aliphatic rings. The summed E-state index contributed by atoms with van der Waals surface area (Å²) >= 11 is 0. The zero-order valence-corrected chi connectivity index (χ0v) is 11.7. The molecule has 18 heavy (non-hydrogen) atoms. The molecule has 1 saturated carbocycles. The number of ether oxygens (including phenoxy) is 1. The Morgan fingerprint density at radius 1 is 1.17 bits per heavy atom. The zero-order valence-electron chi connectivity index (χ0n) is 10.9. The van der Waals surface area contributed by atoms with Crippen LogP contribution in [-0.2, 0) is 14.8 Å². The van der Waals surface area contributed by atoms with Gasteiger partial charge in [0.2, 0.25) is 10.0 Å².